The Kier molecular flexibility index (Phi) is 5.82. The van der Waals surface area contributed by atoms with Crippen molar-refractivity contribution in [2.75, 3.05) is 24.3 Å². The van der Waals surface area contributed by atoms with Crippen LogP contribution in [0, 0.1) is 6.92 Å². The fourth-order valence-electron chi connectivity index (χ4n) is 2.08. The SMILES string of the molecule is Cc1ccc(Cl)cc1NC(=O)C(=O)NCc1ccc(N(C)C)cc1. The number of halogens is 1. The van der Waals surface area contributed by atoms with Gasteiger partial charge in [-0.2, -0.15) is 0 Å². The predicted octanol–water partition coefficient (Wildman–Crippen LogP) is 2.97. The average molecular weight is 346 g/mol. The van der Waals surface area contributed by atoms with Crippen LogP contribution in [0.5, 0.6) is 0 Å². The summed E-state index contributed by atoms with van der Waals surface area (Å²) < 4.78 is 0. The molecule has 0 saturated carbocycles. The molecule has 126 valence electrons. The number of rotatable bonds is 4. The molecule has 0 aliphatic heterocycles. The highest BCUT2D eigenvalue weighted by atomic mass is 35.5. The number of nitrogens with zero attached hydrogens (tertiary/aromatic N) is 1. The highest BCUT2D eigenvalue weighted by Crippen LogP contribution is 2.20. The molecule has 0 heterocycles. The van der Waals surface area contributed by atoms with Gasteiger partial charge in [0.05, 0.1) is 0 Å². The van der Waals surface area contributed by atoms with Gasteiger partial charge >= 0.3 is 11.8 Å². The van der Waals surface area contributed by atoms with Gasteiger partial charge < -0.3 is 15.5 Å². The third kappa shape index (κ3) is 4.73. The van der Waals surface area contributed by atoms with Gasteiger partial charge in [0, 0.05) is 37.0 Å². The summed E-state index contributed by atoms with van der Waals surface area (Å²) in [5, 5.41) is 5.67. The summed E-state index contributed by atoms with van der Waals surface area (Å²) in [6.45, 7) is 2.12. The van der Waals surface area contributed by atoms with Crippen LogP contribution in [0.25, 0.3) is 0 Å². The minimum absolute atomic E-state index is 0.286. The highest BCUT2D eigenvalue weighted by molar-refractivity contribution is 6.40. The molecule has 0 saturated heterocycles. The summed E-state index contributed by atoms with van der Waals surface area (Å²) in [5.74, 6) is -1.41. The molecule has 0 unspecified atom stereocenters. The number of anilines is 2. The maximum atomic E-state index is 12.0. The van der Waals surface area contributed by atoms with Crippen LogP contribution in [0.4, 0.5) is 11.4 Å². The standard InChI is InChI=1S/C18H20ClN3O2/c1-12-4-7-14(19)10-16(12)21-18(24)17(23)20-11-13-5-8-15(9-6-13)22(2)3/h4-10H,11H2,1-3H3,(H,20,23)(H,21,24). The molecule has 2 aromatic carbocycles. The Morgan fingerprint density at radius 2 is 1.71 bits per heavy atom. The Morgan fingerprint density at radius 1 is 1.04 bits per heavy atom. The van der Waals surface area contributed by atoms with Crippen molar-refractivity contribution >= 4 is 34.8 Å². The molecule has 0 aliphatic carbocycles. The first kappa shape index (κ1) is 17.8. The van der Waals surface area contributed by atoms with Gasteiger partial charge in [0.2, 0.25) is 0 Å². The molecular weight excluding hydrogens is 326 g/mol. The van der Waals surface area contributed by atoms with Crippen molar-refractivity contribution in [1.82, 2.24) is 5.32 Å². The van der Waals surface area contributed by atoms with Crippen LogP contribution >= 0.6 is 11.6 Å². The van der Waals surface area contributed by atoms with Crippen LogP contribution in [0.3, 0.4) is 0 Å². The lowest BCUT2D eigenvalue weighted by Crippen LogP contribution is -2.35. The van der Waals surface area contributed by atoms with E-state index in [1.807, 2.05) is 50.2 Å². The topological polar surface area (TPSA) is 61.4 Å². The first-order chi connectivity index (χ1) is 11.4. The molecule has 24 heavy (non-hydrogen) atoms. The van der Waals surface area contributed by atoms with Crippen molar-refractivity contribution in [1.29, 1.82) is 0 Å². The van der Waals surface area contributed by atoms with Gasteiger partial charge in [-0.25, -0.2) is 0 Å². The normalized spacial score (nSPS) is 10.2. The minimum Gasteiger partial charge on any atom is -0.378 e. The monoisotopic (exact) mass is 345 g/mol. The van der Waals surface area contributed by atoms with Crippen molar-refractivity contribution in [2.45, 2.75) is 13.5 Å². The van der Waals surface area contributed by atoms with E-state index in [1.165, 1.54) is 0 Å². The van der Waals surface area contributed by atoms with Gasteiger partial charge in [-0.3, -0.25) is 9.59 Å². The second-order valence-electron chi connectivity index (χ2n) is 5.66. The Morgan fingerprint density at radius 3 is 2.33 bits per heavy atom. The van der Waals surface area contributed by atoms with Crippen LogP contribution in [0.1, 0.15) is 11.1 Å². The van der Waals surface area contributed by atoms with E-state index in [4.69, 9.17) is 11.6 Å². The molecule has 2 N–H and O–H groups in total. The van der Waals surface area contributed by atoms with Crippen LogP contribution in [0.15, 0.2) is 42.5 Å². The van der Waals surface area contributed by atoms with Gasteiger partial charge in [0.1, 0.15) is 0 Å². The maximum absolute atomic E-state index is 12.0. The van der Waals surface area contributed by atoms with Crippen LogP contribution < -0.4 is 15.5 Å². The van der Waals surface area contributed by atoms with E-state index in [0.717, 1.165) is 16.8 Å². The zero-order valence-electron chi connectivity index (χ0n) is 13.9. The molecule has 0 aromatic heterocycles. The maximum Gasteiger partial charge on any atom is 0.313 e. The van der Waals surface area contributed by atoms with Crippen molar-refractivity contribution in [3.63, 3.8) is 0 Å². The molecule has 2 aromatic rings. The minimum atomic E-state index is -0.717. The van der Waals surface area contributed by atoms with Crippen molar-refractivity contribution in [2.24, 2.45) is 0 Å². The van der Waals surface area contributed by atoms with Gasteiger partial charge in [0.25, 0.3) is 0 Å². The summed E-state index contributed by atoms with van der Waals surface area (Å²) in [7, 11) is 3.91. The number of aryl methyl sites for hydroxylation is 1. The first-order valence-corrected chi connectivity index (χ1v) is 7.86. The van der Waals surface area contributed by atoms with Crippen molar-refractivity contribution in [3.05, 3.63) is 58.6 Å². The third-order valence-corrected chi connectivity index (χ3v) is 3.79. The molecule has 0 atom stereocenters. The quantitative estimate of drug-likeness (QED) is 0.837. The number of carbonyl (C=O) groups excluding carboxylic acids is 2. The van der Waals surface area contributed by atoms with Crippen molar-refractivity contribution in [3.8, 4) is 0 Å². The van der Waals surface area contributed by atoms with Gasteiger partial charge in [-0.1, -0.05) is 29.8 Å². The summed E-state index contributed by atoms with van der Waals surface area (Å²) in [6, 6.07) is 12.9. The van der Waals surface area contributed by atoms with E-state index in [9.17, 15) is 9.59 Å². The zero-order chi connectivity index (χ0) is 17.7. The predicted molar refractivity (Wildman–Crippen MR) is 97.4 cm³/mol. The Hall–Kier alpha value is -2.53. The fourth-order valence-corrected chi connectivity index (χ4v) is 2.25. The van der Waals surface area contributed by atoms with Crippen LogP contribution in [-0.2, 0) is 16.1 Å². The first-order valence-electron chi connectivity index (χ1n) is 7.48. The summed E-state index contributed by atoms with van der Waals surface area (Å²) >= 11 is 5.90. The molecule has 2 rings (SSSR count). The smallest absolute Gasteiger partial charge is 0.313 e. The van der Waals surface area contributed by atoms with E-state index >= 15 is 0 Å². The zero-order valence-corrected chi connectivity index (χ0v) is 14.6. The van der Waals surface area contributed by atoms with E-state index in [0.29, 0.717) is 10.7 Å². The van der Waals surface area contributed by atoms with Gasteiger partial charge in [-0.05, 0) is 42.3 Å². The van der Waals surface area contributed by atoms with Crippen LogP contribution in [-0.4, -0.2) is 25.9 Å². The van der Waals surface area contributed by atoms with E-state index in [1.54, 1.807) is 18.2 Å². The fraction of sp³-hybridized carbons (Fsp3) is 0.222. The number of nitrogens with one attached hydrogen (secondary N) is 2. The lowest BCUT2D eigenvalue weighted by atomic mass is 10.2. The lowest BCUT2D eigenvalue weighted by Gasteiger charge is -2.13. The summed E-state index contributed by atoms with van der Waals surface area (Å²) in [4.78, 5) is 25.9. The number of hydrogen-bond donors (Lipinski definition) is 2. The molecule has 0 radical (unpaired) electrons. The van der Waals surface area contributed by atoms with Gasteiger partial charge in [-0.15, -0.1) is 0 Å². The second kappa shape index (κ2) is 7.84. The largest absolute Gasteiger partial charge is 0.378 e. The molecular formula is C18H20ClN3O2. The Balaban J connectivity index is 1.92. The third-order valence-electron chi connectivity index (χ3n) is 3.56. The molecule has 0 fully saturated rings. The number of hydrogen-bond acceptors (Lipinski definition) is 3. The van der Waals surface area contributed by atoms with Gasteiger partial charge in [0.15, 0.2) is 0 Å². The average Bonchev–Trinajstić information content (AvgIpc) is 2.56. The van der Waals surface area contributed by atoms with Crippen molar-refractivity contribution < 1.29 is 9.59 Å². The molecule has 0 spiro atoms. The molecule has 2 amide bonds. The van der Waals surface area contributed by atoms with Crippen LogP contribution in [0.2, 0.25) is 5.02 Å². The molecule has 6 heteroatoms. The Labute approximate surface area is 146 Å². The lowest BCUT2D eigenvalue weighted by molar-refractivity contribution is -0.136. The molecule has 5 nitrogen and oxygen atoms in total. The van der Waals surface area contributed by atoms with E-state index < -0.39 is 11.8 Å². The van der Waals surface area contributed by atoms with E-state index in [2.05, 4.69) is 10.6 Å². The summed E-state index contributed by atoms with van der Waals surface area (Å²) in [5.41, 5.74) is 3.35. The number of benzene rings is 2. The molecule has 0 bridgehead atoms. The second-order valence-corrected chi connectivity index (χ2v) is 6.09. The summed E-state index contributed by atoms with van der Waals surface area (Å²) in [6.07, 6.45) is 0. The number of carbonyl (C=O) groups is 2. The Bertz CT molecular complexity index is 742. The highest BCUT2D eigenvalue weighted by Gasteiger charge is 2.14. The molecule has 0 aliphatic rings. The van der Waals surface area contributed by atoms with E-state index in [-0.39, 0.29) is 6.54 Å². The number of amides is 2.